The topological polar surface area (TPSA) is 52.7 Å². The lowest BCUT2D eigenvalue weighted by molar-refractivity contribution is -0.0684. The first-order valence-electron chi connectivity index (χ1n) is 11.8. The highest BCUT2D eigenvalue weighted by Crippen LogP contribution is 2.63. The van der Waals surface area contributed by atoms with E-state index in [0.29, 0.717) is 18.6 Å². The molecule has 0 N–H and O–H groups in total. The highest BCUT2D eigenvalue weighted by atomic mass is 16.7. The van der Waals surface area contributed by atoms with Crippen molar-refractivity contribution in [2.75, 3.05) is 40.7 Å². The van der Waals surface area contributed by atoms with Crippen molar-refractivity contribution in [3.63, 3.8) is 0 Å². The Morgan fingerprint density at radius 3 is 3.00 bits per heavy atom. The third kappa shape index (κ3) is 3.30. The van der Waals surface area contributed by atoms with Gasteiger partial charge in [0.15, 0.2) is 18.3 Å². The third-order valence-electron chi connectivity index (χ3n) is 8.15. The van der Waals surface area contributed by atoms with Crippen molar-refractivity contribution in [2.24, 2.45) is 5.92 Å². The fourth-order valence-electron chi connectivity index (χ4n) is 6.49. The van der Waals surface area contributed by atoms with Gasteiger partial charge in [0.2, 0.25) is 5.75 Å². The molecule has 0 saturated carbocycles. The molecule has 1 unspecified atom stereocenters. The molecule has 5 atom stereocenters. The second kappa shape index (κ2) is 7.77. The molecule has 0 radical (unpaired) electrons. The number of ether oxygens (including phenoxy) is 5. The number of likely N-dealkylation sites (N-methyl/N-ethyl adjacent to an activating group) is 1. The van der Waals surface area contributed by atoms with Crippen LogP contribution in [0.1, 0.15) is 43.2 Å². The Hall–Kier alpha value is -1.60. The van der Waals surface area contributed by atoms with E-state index in [2.05, 4.69) is 30.2 Å². The Morgan fingerprint density at radius 2 is 2.16 bits per heavy atom. The molecule has 3 heterocycles. The zero-order valence-corrected chi connectivity index (χ0v) is 18.6. The second-order valence-corrected chi connectivity index (χ2v) is 9.85. The van der Waals surface area contributed by atoms with E-state index in [1.165, 1.54) is 24.0 Å². The number of rotatable bonds is 6. The number of benzene rings is 1. The fourth-order valence-corrected chi connectivity index (χ4v) is 6.49. The molecule has 0 spiro atoms. The molecule has 6 rings (SSSR count). The van der Waals surface area contributed by atoms with Crippen LogP contribution >= 0.6 is 0 Å². The molecule has 2 fully saturated rings. The summed E-state index contributed by atoms with van der Waals surface area (Å²) < 4.78 is 29.3. The predicted molar refractivity (Wildman–Crippen MR) is 116 cm³/mol. The van der Waals surface area contributed by atoms with Crippen LogP contribution in [0.2, 0.25) is 0 Å². The number of fused-ring (bicyclic) bond motifs is 3. The lowest BCUT2D eigenvalue weighted by atomic mass is 9.53. The minimum atomic E-state index is 0.0732. The third-order valence-corrected chi connectivity index (χ3v) is 8.15. The van der Waals surface area contributed by atoms with Crippen LogP contribution in [0.25, 0.3) is 0 Å². The summed E-state index contributed by atoms with van der Waals surface area (Å²) >= 11 is 0. The van der Waals surface area contributed by atoms with E-state index >= 15 is 0 Å². The van der Waals surface area contributed by atoms with Crippen molar-refractivity contribution >= 4 is 0 Å². The Labute approximate surface area is 184 Å². The lowest BCUT2D eigenvalue weighted by Gasteiger charge is -2.57. The molecule has 3 aliphatic heterocycles. The first kappa shape index (κ1) is 20.0. The molecule has 1 aromatic carbocycles. The van der Waals surface area contributed by atoms with Gasteiger partial charge in [-0.3, -0.25) is 0 Å². The molecular formula is C25H33NO5. The average molecular weight is 428 g/mol. The molecule has 0 amide bonds. The zero-order chi connectivity index (χ0) is 21.0. The normalized spacial score (nSPS) is 35.5. The van der Waals surface area contributed by atoms with Gasteiger partial charge >= 0.3 is 0 Å². The summed E-state index contributed by atoms with van der Waals surface area (Å²) in [6.07, 6.45) is 11.9. The van der Waals surface area contributed by atoms with Crippen LogP contribution in [-0.2, 0) is 26.0 Å². The molecule has 31 heavy (non-hydrogen) atoms. The number of hydrogen-bond donors (Lipinski definition) is 0. The summed E-state index contributed by atoms with van der Waals surface area (Å²) in [6, 6.07) is 2.76. The molecule has 6 heteroatoms. The number of piperidine rings is 1. The minimum absolute atomic E-state index is 0.0732. The Morgan fingerprint density at radius 1 is 1.23 bits per heavy atom. The van der Waals surface area contributed by atoms with E-state index in [1.54, 1.807) is 7.11 Å². The van der Waals surface area contributed by atoms with Gasteiger partial charge < -0.3 is 28.6 Å². The monoisotopic (exact) mass is 427 g/mol. The van der Waals surface area contributed by atoms with Gasteiger partial charge in [0.1, 0.15) is 0 Å². The minimum Gasteiger partial charge on any atom is -0.463 e. The van der Waals surface area contributed by atoms with E-state index in [4.69, 9.17) is 23.7 Å². The zero-order valence-electron chi connectivity index (χ0n) is 18.6. The first-order valence-corrected chi connectivity index (χ1v) is 11.8. The van der Waals surface area contributed by atoms with Gasteiger partial charge in [0.25, 0.3) is 0 Å². The largest absolute Gasteiger partial charge is 0.463 e. The highest BCUT2D eigenvalue weighted by molar-refractivity contribution is 5.71. The number of methoxy groups -OCH3 is 1. The van der Waals surface area contributed by atoms with E-state index in [9.17, 15) is 0 Å². The smallest absolute Gasteiger partial charge is 0.212 e. The van der Waals surface area contributed by atoms with Gasteiger partial charge in [0.05, 0.1) is 18.8 Å². The van der Waals surface area contributed by atoms with Gasteiger partial charge in [-0.2, -0.15) is 0 Å². The van der Waals surface area contributed by atoms with Crippen LogP contribution in [0.4, 0.5) is 0 Å². The van der Waals surface area contributed by atoms with E-state index < -0.39 is 0 Å². The maximum Gasteiger partial charge on any atom is 0.212 e. The summed E-state index contributed by atoms with van der Waals surface area (Å²) in [7, 11) is 3.92. The molecule has 2 aliphatic carbocycles. The molecule has 6 nitrogen and oxygen atoms in total. The van der Waals surface area contributed by atoms with Gasteiger partial charge in [-0.25, -0.2) is 0 Å². The van der Waals surface area contributed by atoms with Gasteiger partial charge in [-0.05, 0) is 63.7 Å². The molecule has 0 aromatic heterocycles. The van der Waals surface area contributed by atoms with Crippen molar-refractivity contribution in [2.45, 2.75) is 62.2 Å². The van der Waals surface area contributed by atoms with Crippen LogP contribution in [0.15, 0.2) is 18.2 Å². The lowest BCUT2D eigenvalue weighted by Crippen LogP contribution is -2.60. The SMILES string of the molecule is COCOc1cc2c(c3c1O3)C[C@@H]1[C@@H]3C=C[C@H](OCC4CCCCO4)C[C@]23CCN1C. The Kier molecular flexibility index (Phi) is 5.02. The summed E-state index contributed by atoms with van der Waals surface area (Å²) in [4.78, 5) is 2.54. The van der Waals surface area contributed by atoms with E-state index in [-0.39, 0.29) is 24.4 Å². The van der Waals surface area contributed by atoms with Crippen LogP contribution in [0, 0.1) is 5.92 Å². The van der Waals surface area contributed by atoms with Crippen molar-refractivity contribution < 1.29 is 23.7 Å². The quantitative estimate of drug-likeness (QED) is 0.397. The fraction of sp³-hybridized carbons (Fsp3) is 0.680. The summed E-state index contributed by atoms with van der Waals surface area (Å²) in [5, 5.41) is 0. The van der Waals surface area contributed by atoms with Crippen LogP contribution < -0.4 is 9.47 Å². The summed E-state index contributed by atoms with van der Waals surface area (Å²) in [5.74, 6) is 3.27. The van der Waals surface area contributed by atoms with Crippen molar-refractivity contribution in [1.82, 2.24) is 4.90 Å². The summed E-state index contributed by atoms with van der Waals surface area (Å²) in [5.41, 5.74) is 2.87. The van der Waals surface area contributed by atoms with E-state index in [0.717, 1.165) is 56.1 Å². The molecule has 2 saturated heterocycles. The Balaban J connectivity index is 1.31. The number of likely N-dealkylation sites (tertiary alicyclic amines) is 1. The van der Waals surface area contributed by atoms with Crippen LogP contribution in [-0.4, -0.2) is 63.9 Å². The van der Waals surface area contributed by atoms with Gasteiger partial charge in [0, 0.05) is 36.7 Å². The van der Waals surface area contributed by atoms with E-state index in [1.807, 2.05) is 0 Å². The molecule has 1 aromatic rings. The molecule has 5 aliphatic rings. The van der Waals surface area contributed by atoms with Crippen molar-refractivity contribution in [1.29, 1.82) is 0 Å². The number of hydrogen-bond acceptors (Lipinski definition) is 6. The van der Waals surface area contributed by atoms with Crippen LogP contribution in [0.3, 0.4) is 0 Å². The van der Waals surface area contributed by atoms with Crippen LogP contribution in [0.5, 0.6) is 17.2 Å². The van der Waals surface area contributed by atoms with Gasteiger partial charge in [-0.15, -0.1) is 0 Å². The Bertz CT molecular complexity index is 879. The molecular weight excluding hydrogens is 394 g/mol. The summed E-state index contributed by atoms with van der Waals surface area (Å²) in [6.45, 7) is 2.92. The number of nitrogens with zero attached hydrogens (tertiary/aromatic N) is 1. The first-order chi connectivity index (χ1) is 15.2. The molecule has 168 valence electrons. The average Bonchev–Trinajstić information content (AvgIpc) is 3.61. The van der Waals surface area contributed by atoms with Crippen molar-refractivity contribution in [3.8, 4) is 17.2 Å². The van der Waals surface area contributed by atoms with Crippen molar-refractivity contribution in [3.05, 3.63) is 29.3 Å². The maximum atomic E-state index is 6.43. The van der Waals surface area contributed by atoms with Gasteiger partial charge in [-0.1, -0.05) is 12.2 Å². The maximum absolute atomic E-state index is 6.43. The highest BCUT2D eigenvalue weighted by Gasteiger charge is 2.56. The standard InChI is InChI=1S/C25H33NO5/c1-26-9-8-25-13-16(29-14-17-5-3-4-10-28-17)6-7-19(25)21(26)11-18-20(25)12-22(30-15-27-2)24-23(18)31-24/h6-7,12,16-17,19,21H,3-5,8-11,13-15H2,1-2H3/t16-,17?,19-,21+,25-/m0/s1. The second-order valence-electron chi connectivity index (χ2n) is 9.85. The predicted octanol–water partition coefficient (Wildman–Crippen LogP) is 3.80. The molecule has 2 bridgehead atoms.